The minimum absolute atomic E-state index is 0.558. The first-order chi connectivity index (χ1) is 8.53. The molecular weight excluding hydrogens is 219 g/mol. The van der Waals surface area contributed by atoms with E-state index < -0.39 is 0 Å². The van der Waals surface area contributed by atoms with E-state index >= 15 is 0 Å². The van der Waals surface area contributed by atoms with E-state index in [1.165, 1.54) is 57.3 Å². The average molecular weight is 248 g/mol. The zero-order chi connectivity index (χ0) is 13.2. The molecule has 102 valence electrons. The molecule has 0 radical (unpaired) electrons. The summed E-state index contributed by atoms with van der Waals surface area (Å²) in [4.78, 5) is 6.99. The van der Waals surface area contributed by atoms with E-state index in [4.69, 9.17) is 0 Å². The number of nitrogens with zero attached hydrogens (tertiary/aromatic N) is 2. The first kappa shape index (κ1) is 14.0. The molecule has 1 saturated carbocycles. The lowest BCUT2D eigenvalue weighted by molar-refractivity contribution is 0.252. The minimum Gasteiger partial charge on any atom is -0.363 e. The van der Waals surface area contributed by atoms with Crippen molar-refractivity contribution in [3.8, 4) is 0 Å². The molecule has 0 spiro atoms. The first-order valence-corrected chi connectivity index (χ1v) is 7.71. The lowest BCUT2D eigenvalue weighted by Crippen LogP contribution is -2.43. The van der Waals surface area contributed by atoms with E-state index in [-0.39, 0.29) is 0 Å². The van der Waals surface area contributed by atoms with Crippen LogP contribution in [0.25, 0.3) is 0 Å². The van der Waals surface area contributed by atoms with Gasteiger partial charge in [0.1, 0.15) is 13.7 Å². The molecule has 1 aliphatic heterocycles. The lowest BCUT2D eigenvalue weighted by Gasteiger charge is -2.39. The van der Waals surface area contributed by atoms with Gasteiger partial charge in [-0.2, -0.15) is 0 Å². The Morgan fingerprint density at radius 2 is 1.89 bits per heavy atom. The SMILES string of the molecule is BC1(C)CCCC2CCN(C)/C(=N\C)C2CCC1. The molecule has 2 fully saturated rings. The summed E-state index contributed by atoms with van der Waals surface area (Å²) in [5.41, 5.74) is 0. The normalized spacial score (nSPS) is 40.8. The van der Waals surface area contributed by atoms with Crippen molar-refractivity contribution in [1.82, 2.24) is 4.90 Å². The standard InChI is InChI=1S/C15H29BN2/c1-15(16)9-4-6-12-8-11-18(3)14(17-2)13(12)7-5-10-15/h12-13H,4-11,16H2,1-3H3/b17-14-. The Labute approximate surface area is 114 Å². The van der Waals surface area contributed by atoms with Crippen molar-refractivity contribution < 1.29 is 0 Å². The maximum absolute atomic E-state index is 4.59. The summed E-state index contributed by atoms with van der Waals surface area (Å²) >= 11 is 0. The number of aliphatic imine (C=N–C) groups is 1. The van der Waals surface area contributed by atoms with Gasteiger partial charge >= 0.3 is 0 Å². The quantitative estimate of drug-likeness (QED) is 0.602. The van der Waals surface area contributed by atoms with Gasteiger partial charge in [0.05, 0.1) is 0 Å². The summed E-state index contributed by atoms with van der Waals surface area (Å²) in [5, 5.41) is 0.558. The third kappa shape index (κ3) is 3.10. The summed E-state index contributed by atoms with van der Waals surface area (Å²) in [6.45, 7) is 3.65. The van der Waals surface area contributed by atoms with Crippen LogP contribution in [0.4, 0.5) is 0 Å². The fourth-order valence-corrected chi connectivity index (χ4v) is 3.98. The van der Waals surface area contributed by atoms with Gasteiger partial charge in [0, 0.05) is 26.6 Å². The molecular formula is C15H29BN2. The van der Waals surface area contributed by atoms with Gasteiger partial charge in [-0.25, -0.2) is 0 Å². The van der Waals surface area contributed by atoms with Gasteiger partial charge in [0.25, 0.3) is 0 Å². The Balaban J connectivity index is 2.11. The molecule has 2 rings (SSSR count). The van der Waals surface area contributed by atoms with E-state index in [1.54, 1.807) is 0 Å². The average Bonchev–Trinajstić information content (AvgIpc) is 2.37. The molecule has 3 atom stereocenters. The highest BCUT2D eigenvalue weighted by Gasteiger charge is 2.34. The van der Waals surface area contributed by atoms with Crippen molar-refractivity contribution in [1.29, 1.82) is 0 Å². The molecule has 2 nitrogen and oxygen atoms in total. The zero-order valence-electron chi connectivity index (χ0n) is 12.7. The summed E-state index contributed by atoms with van der Waals surface area (Å²) < 4.78 is 0. The predicted octanol–water partition coefficient (Wildman–Crippen LogP) is 2.75. The van der Waals surface area contributed by atoms with Gasteiger partial charge in [-0.1, -0.05) is 37.9 Å². The molecule has 0 aromatic heterocycles. The minimum atomic E-state index is 0.558. The van der Waals surface area contributed by atoms with Gasteiger partial charge in [-0.3, -0.25) is 4.99 Å². The number of amidine groups is 1. The van der Waals surface area contributed by atoms with Crippen LogP contribution < -0.4 is 0 Å². The predicted molar refractivity (Wildman–Crippen MR) is 82.2 cm³/mol. The molecule has 1 saturated heterocycles. The van der Waals surface area contributed by atoms with Crippen LogP contribution in [0.1, 0.15) is 51.9 Å². The van der Waals surface area contributed by atoms with Crippen LogP contribution in [-0.4, -0.2) is 39.2 Å². The van der Waals surface area contributed by atoms with Crippen LogP contribution in [0.15, 0.2) is 4.99 Å². The number of hydrogen-bond acceptors (Lipinski definition) is 1. The highest BCUT2D eigenvalue weighted by molar-refractivity contribution is 6.14. The van der Waals surface area contributed by atoms with Crippen LogP contribution in [0.3, 0.4) is 0 Å². The highest BCUT2D eigenvalue weighted by atomic mass is 15.2. The van der Waals surface area contributed by atoms with Crippen molar-refractivity contribution >= 4 is 13.7 Å². The van der Waals surface area contributed by atoms with Crippen LogP contribution >= 0.6 is 0 Å². The molecule has 1 aliphatic carbocycles. The highest BCUT2D eigenvalue weighted by Crippen LogP contribution is 2.41. The maximum Gasteiger partial charge on any atom is 0.109 e. The zero-order valence-corrected chi connectivity index (χ0v) is 12.7. The van der Waals surface area contributed by atoms with Crippen LogP contribution in [0.5, 0.6) is 0 Å². The number of rotatable bonds is 0. The second-order valence-corrected chi connectivity index (χ2v) is 7.11. The van der Waals surface area contributed by atoms with E-state index in [1.807, 2.05) is 7.05 Å². The van der Waals surface area contributed by atoms with E-state index in [0.717, 1.165) is 11.8 Å². The van der Waals surface area contributed by atoms with Crippen LogP contribution in [0.2, 0.25) is 5.31 Å². The molecule has 0 aromatic carbocycles. The second-order valence-electron chi connectivity index (χ2n) is 7.11. The fraction of sp³-hybridized carbons (Fsp3) is 0.933. The number of fused-ring (bicyclic) bond motifs is 1. The summed E-state index contributed by atoms with van der Waals surface area (Å²) in [7, 11) is 6.64. The van der Waals surface area contributed by atoms with E-state index in [9.17, 15) is 0 Å². The number of hydrogen-bond donors (Lipinski definition) is 0. The molecule has 0 aromatic rings. The number of likely N-dealkylation sites (tertiary alicyclic amines) is 1. The number of piperidine rings is 1. The first-order valence-electron chi connectivity index (χ1n) is 7.71. The fourth-order valence-electron chi connectivity index (χ4n) is 3.98. The Kier molecular flexibility index (Phi) is 4.39. The summed E-state index contributed by atoms with van der Waals surface area (Å²) in [6.07, 6.45) is 9.73. The largest absolute Gasteiger partial charge is 0.363 e. The van der Waals surface area contributed by atoms with Crippen molar-refractivity contribution in [2.24, 2.45) is 16.8 Å². The van der Waals surface area contributed by atoms with Crippen LogP contribution in [-0.2, 0) is 0 Å². The van der Waals surface area contributed by atoms with Gasteiger partial charge in [0.2, 0.25) is 0 Å². The van der Waals surface area contributed by atoms with Crippen molar-refractivity contribution in [2.45, 2.75) is 57.2 Å². The van der Waals surface area contributed by atoms with Crippen LogP contribution in [0, 0.1) is 11.8 Å². The molecule has 0 N–H and O–H groups in total. The van der Waals surface area contributed by atoms with Crippen molar-refractivity contribution in [3.05, 3.63) is 0 Å². The second kappa shape index (κ2) is 5.67. The van der Waals surface area contributed by atoms with Crippen molar-refractivity contribution in [3.63, 3.8) is 0 Å². The Morgan fingerprint density at radius 1 is 1.22 bits per heavy atom. The molecule has 0 amide bonds. The van der Waals surface area contributed by atoms with E-state index in [2.05, 4.69) is 31.7 Å². The Morgan fingerprint density at radius 3 is 2.56 bits per heavy atom. The summed E-state index contributed by atoms with van der Waals surface area (Å²) in [5.74, 6) is 3.02. The Hall–Kier alpha value is -0.465. The third-order valence-electron chi connectivity index (χ3n) is 5.15. The molecule has 2 aliphatic rings. The molecule has 3 unspecified atom stereocenters. The lowest BCUT2D eigenvalue weighted by atomic mass is 9.64. The smallest absolute Gasteiger partial charge is 0.109 e. The topological polar surface area (TPSA) is 15.6 Å². The molecule has 1 heterocycles. The monoisotopic (exact) mass is 248 g/mol. The molecule has 3 heteroatoms. The van der Waals surface area contributed by atoms with Gasteiger partial charge < -0.3 is 4.90 Å². The molecule has 18 heavy (non-hydrogen) atoms. The maximum atomic E-state index is 4.59. The summed E-state index contributed by atoms with van der Waals surface area (Å²) in [6, 6.07) is 0. The van der Waals surface area contributed by atoms with Gasteiger partial charge in [0.15, 0.2) is 0 Å². The molecule has 0 bridgehead atoms. The van der Waals surface area contributed by atoms with E-state index in [0.29, 0.717) is 5.31 Å². The van der Waals surface area contributed by atoms with Gasteiger partial charge in [-0.05, 0) is 25.2 Å². The third-order valence-corrected chi connectivity index (χ3v) is 5.15. The Bertz CT molecular complexity index is 312. The van der Waals surface area contributed by atoms with Gasteiger partial charge in [-0.15, -0.1) is 0 Å². The van der Waals surface area contributed by atoms with Crippen molar-refractivity contribution in [2.75, 3.05) is 20.6 Å².